The quantitative estimate of drug-likeness (QED) is 0.763. The van der Waals surface area contributed by atoms with Crippen molar-refractivity contribution in [1.82, 2.24) is 10.2 Å². The Morgan fingerprint density at radius 2 is 2.15 bits per heavy atom. The summed E-state index contributed by atoms with van der Waals surface area (Å²) in [5.74, 6) is 1.55. The third-order valence-corrected chi connectivity index (χ3v) is 5.11. The van der Waals surface area contributed by atoms with Gasteiger partial charge in [-0.25, -0.2) is 0 Å². The van der Waals surface area contributed by atoms with Gasteiger partial charge in [-0.3, -0.25) is 9.59 Å². The molecule has 142 valence electrons. The van der Waals surface area contributed by atoms with E-state index in [1.54, 1.807) is 0 Å². The van der Waals surface area contributed by atoms with Crippen molar-refractivity contribution in [2.45, 2.75) is 33.6 Å². The first-order valence-corrected chi connectivity index (χ1v) is 9.28. The third-order valence-electron chi connectivity index (χ3n) is 5.11. The molecule has 1 fully saturated rings. The summed E-state index contributed by atoms with van der Waals surface area (Å²) in [6.07, 6.45) is 2.60. The van der Waals surface area contributed by atoms with Crippen LogP contribution in [0.1, 0.15) is 30.9 Å². The summed E-state index contributed by atoms with van der Waals surface area (Å²) in [5, 5.41) is 2.85. The van der Waals surface area contributed by atoms with E-state index in [0.29, 0.717) is 32.0 Å². The second kappa shape index (κ2) is 9.41. The number of likely N-dealkylation sites (tertiary alicyclic amines) is 1. The molecule has 0 spiro atoms. The van der Waals surface area contributed by atoms with Crippen LogP contribution in [0.25, 0.3) is 0 Å². The van der Waals surface area contributed by atoms with Gasteiger partial charge < -0.3 is 15.0 Å². The lowest BCUT2D eigenvalue weighted by atomic mass is 9.87. The topological polar surface area (TPSA) is 58.6 Å². The van der Waals surface area contributed by atoms with Crippen molar-refractivity contribution in [3.63, 3.8) is 0 Å². The highest BCUT2D eigenvalue weighted by molar-refractivity contribution is 5.86. The molecule has 26 heavy (non-hydrogen) atoms. The summed E-state index contributed by atoms with van der Waals surface area (Å²) < 4.78 is 5.80. The highest BCUT2D eigenvalue weighted by atomic mass is 16.5. The van der Waals surface area contributed by atoms with Gasteiger partial charge in [-0.1, -0.05) is 25.6 Å². The van der Waals surface area contributed by atoms with E-state index in [0.717, 1.165) is 29.8 Å². The Bertz CT molecular complexity index is 657. The lowest BCUT2D eigenvalue weighted by Crippen LogP contribution is -2.47. The molecule has 2 unspecified atom stereocenters. The molecular weight excluding hydrogens is 328 g/mol. The molecule has 2 atom stereocenters. The van der Waals surface area contributed by atoms with Crippen LogP contribution < -0.4 is 10.1 Å². The fraction of sp³-hybridized carbons (Fsp3) is 0.524. The zero-order chi connectivity index (χ0) is 19.1. The number of nitrogens with one attached hydrogen (secondary N) is 1. The maximum absolute atomic E-state index is 12.5. The maximum Gasteiger partial charge on any atom is 0.243 e. The van der Waals surface area contributed by atoms with Gasteiger partial charge in [0.25, 0.3) is 0 Å². The van der Waals surface area contributed by atoms with Crippen LogP contribution in [-0.2, 0) is 9.59 Å². The van der Waals surface area contributed by atoms with Crippen molar-refractivity contribution in [1.29, 1.82) is 0 Å². The average Bonchev–Trinajstić information content (AvgIpc) is 2.63. The lowest BCUT2D eigenvalue weighted by molar-refractivity contribution is -0.134. The largest absolute Gasteiger partial charge is 0.493 e. The smallest absolute Gasteiger partial charge is 0.243 e. The molecule has 1 aliphatic rings. The van der Waals surface area contributed by atoms with Crippen LogP contribution in [-0.4, -0.2) is 43.0 Å². The number of aryl methyl sites for hydroxylation is 2. The van der Waals surface area contributed by atoms with Crippen molar-refractivity contribution in [3.8, 4) is 5.75 Å². The number of rotatable bonds is 7. The van der Waals surface area contributed by atoms with Gasteiger partial charge in [-0.05, 0) is 55.4 Å². The first-order chi connectivity index (χ1) is 12.4. The minimum atomic E-state index is -0.164. The van der Waals surface area contributed by atoms with Crippen LogP contribution in [0.2, 0.25) is 0 Å². The highest BCUT2D eigenvalue weighted by Crippen LogP contribution is 2.23. The van der Waals surface area contributed by atoms with Crippen LogP contribution in [0.15, 0.2) is 30.9 Å². The van der Waals surface area contributed by atoms with Crippen LogP contribution in [0.4, 0.5) is 0 Å². The number of nitrogens with zero attached hydrogens (tertiary/aromatic N) is 1. The van der Waals surface area contributed by atoms with Crippen molar-refractivity contribution in [3.05, 3.63) is 42.0 Å². The number of benzene rings is 1. The molecule has 1 aromatic carbocycles. The van der Waals surface area contributed by atoms with Gasteiger partial charge in [0.1, 0.15) is 5.75 Å². The Morgan fingerprint density at radius 3 is 2.88 bits per heavy atom. The van der Waals surface area contributed by atoms with E-state index < -0.39 is 0 Å². The van der Waals surface area contributed by atoms with Gasteiger partial charge in [-0.15, -0.1) is 0 Å². The monoisotopic (exact) mass is 358 g/mol. The minimum absolute atomic E-state index is 0.113. The molecule has 0 radical (unpaired) electrons. The summed E-state index contributed by atoms with van der Waals surface area (Å²) in [7, 11) is 0. The predicted octanol–water partition coefficient (Wildman–Crippen LogP) is 2.86. The summed E-state index contributed by atoms with van der Waals surface area (Å²) in [4.78, 5) is 25.8. The van der Waals surface area contributed by atoms with Crippen molar-refractivity contribution in [2.75, 3.05) is 26.2 Å². The molecule has 5 heteroatoms. The number of hydrogen-bond donors (Lipinski definition) is 1. The Balaban J connectivity index is 1.81. The number of carbonyl (C=O) groups excluding carboxylic acids is 2. The summed E-state index contributed by atoms with van der Waals surface area (Å²) in [6.45, 7) is 12.1. The fourth-order valence-corrected chi connectivity index (χ4v) is 3.21. The summed E-state index contributed by atoms with van der Waals surface area (Å²) >= 11 is 0. The molecule has 5 nitrogen and oxygen atoms in total. The predicted molar refractivity (Wildman–Crippen MR) is 103 cm³/mol. The molecule has 2 rings (SSSR count). The first kappa shape index (κ1) is 20.0. The Morgan fingerprint density at radius 1 is 1.38 bits per heavy atom. The molecule has 0 aromatic heterocycles. The van der Waals surface area contributed by atoms with Gasteiger partial charge in [0.05, 0.1) is 13.0 Å². The number of carbonyl (C=O) groups is 2. The van der Waals surface area contributed by atoms with E-state index in [1.165, 1.54) is 6.08 Å². The SMILES string of the molecule is C=CC(=O)NCC1CN(C(=O)CCOc2cc(C)ccc2C)CCC1C. The number of amides is 2. The van der Waals surface area contributed by atoms with Crippen LogP contribution >= 0.6 is 0 Å². The zero-order valence-electron chi connectivity index (χ0n) is 16.1. The van der Waals surface area contributed by atoms with Crippen molar-refractivity contribution >= 4 is 11.8 Å². The third kappa shape index (κ3) is 5.61. The summed E-state index contributed by atoms with van der Waals surface area (Å²) in [6, 6.07) is 6.08. The Hall–Kier alpha value is -2.30. The molecule has 1 N–H and O–H groups in total. The highest BCUT2D eigenvalue weighted by Gasteiger charge is 2.28. The van der Waals surface area contributed by atoms with Crippen molar-refractivity contribution < 1.29 is 14.3 Å². The fourth-order valence-electron chi connectivity index (χ4n) is 3.21. The Labute approximate surface area is 156 Å². The first-order valence-electron chi connectivity index (χ1n) is 9.28. The van der Waals surface area contributed by atoms with E-state index >= 15 is 0 Å². The van der Waals surface area contributed by atoms with E-state index in [1.807, 2.05) is 36.9 Å². The number of hydrogen-bond acceptors (Lipinski definition) is 3. The van der Waals surface area contributed by atoms with Crippen molar-refractivity contribution in [2.24, 2.45) is 11.8 Å². The molecule has 1 aromatic rings. The van der Waals surface area contributed by atoms with Gasteiger partial charge in [-0.2, -0.15) is 0 Å². The van der Waals surface area contributed by atoms with E-state index in [4.69, 9.17) is 4.74 Å². The minimum Gasteiger partial charge on any atom is -0.493 e. The molecule has 1 aliphatic heterocycles. The molecule has 0 saturated carbocycles. The number of piperidine rings is 1. The maximum atomic E-state index is 12.5. The standard InChI is InChI=1S/C21H30N2O3/c1-5-20(24)22-13-18-14-23(10-8-16(18)3)21(25)9-11-26-19-12-15(2)6-7-17(19)4/h5-7,12,16,18H,1,8-11,13-14H2,2-4H3,(H,22,24). The van der Waals surface area contributed by atoms with E-state index in [2.05, 4.69) is 18.8 Å². The second-order valence-electron chi connectivity index (χ2n) is 7.18. The van der Waals surface area contributed by atoms with Gasteiger partial charge >= 0.3 is 0 Å². The Kier molecular flexibility index (Phi) is 7.25. The number of ether oxygens (including phenoxy) is 1. The normalized spacial score (nSPS) is 19.7. The molecule has 1 heterocycles. The molecular formula is C21H30N2O3. The lowest BCUT2D eigenvalue weighted by Gasteiger charge is -2.37. The van der Waals surface area contributed by atoms with E-state index in [9.17, 15) is 9.59 Å². The molecule has 0 bridgehead atoms. The van der Waals surface area contributed by atoms with Gasteiger partial charge in [0.15, 0.2) is 0 Å². The van der Waals surface area contributed by atoms with Gasteiger partial charge in [0.2, 0.25) is 11.8 Å². The average molecular weight is 358 g/mol. The van der Waals surface area contributed by atoms with Crippen LogP contribution in [0.5, 0.6) is 5.75 Å². The zero-order valence-corrected chi connectivity index (χ0v) is 16.1. The molecule has 0 aliphatic carbocycles. The van der Waals surface area contributed by atoms with Gasteiger partial charge in [0, 0.05) is 19.6 Å². The second-order valence-corrected chi connectivity index (χ2v) is 7.18. The molecule has 1 saturated heterocycles. The van der Waals surface area contributed by atoms with E-state index in [-0.39, 0.29) is 17.7 Å². The van der Waals surface area contributed by atoms with Crippen LogP contribution in [0, 0.1) is 25.7 Å². The van der Waals surface area contributed by atoms with Crippen LogP contribution in [0.3, 0.4) is 0 Å². The summed E-state index contributed by atoms with van der Waals surface area (Å²) in [5.41, 5.74) is 2.22. The molecule has 2 amide bonds.